The predicted octanol–water partition coefficient (Wildman–Crippen LogP) is 4.41. The summed E-state index contributed by atoms with van der Waals surface area (Å²) in [5, 5.41) is 0. The van der Waals surface area contributed by atoms with Gasteiger partial charge in [-0.25, -0.2) is 4.98 Å². The van der Waals surface area contributed by atoms with E-state index >= 15 is 0 Å². The van der Waals surface area contributed by atoms with Crippen molar-refractivity contribution < 1.29 is 9.53 Å². The average molecular weight is 387 g/mol. The van der Waals surface area contributed by atoms with Crippen molar-refractivity contribution in [3.05, 3.63) is 83.3 Å². The molecule has 0 aliphatic carbocycles. The molecule has 3 heterocycles. The third kappa shape index (κ3) is 3.99. The van der Waals surface area contributed by atoms with Crippen LogP contribution in [0, 0.1) is 6.92 Å². The number of carbonyl (C=O) groups excluding carboxylic acids is 1. The molecule has 0 N–H and O–H groups in total. The summed E-state index contributed by atoms with van der Waals surface area (Å²) >= 11 is 0. The van der Waals surface area contributed by atoms with E-state index in [0.717, 1.165) is 43.2 Å². The number of ether oxygens (including phenoxy) is 1. The Kier molecular flexibility index (Phi) is 5.56. The normalized spacial score (nSPS) is 16.5. The summed E-state index contributed by atoms with van der Waals surface area (Å²) in [5.41, 5.74) is 3.01. The van der Waals surface area contributed by atoms with Gasteiger partial charge < -0.3 is 9.64 Å². The lowest BCUT2D eigenvalue weighted by Crippen LogP contribution is -2.35. The molecule has 1 fully saturated rings. The van der Waals surface area contributed by atoms with Gasteiger partial charge in [0.2, 0.25) is 5.78 Å². The highest BCUT2D eigenvalue weighted by Crippen LogP contribution is 2.34. The fraction of sp³-hybridized carbons (Fsp3) is 0.292. The van der Waals surface area contributed by atoms with E-state index in [-0.39, 0.29) is 5.78 Å². The number of benzene rings is 1. The quantitative estimate of drug-likeness (QED) is 0.607. The van der Waals surface area contributed by atoms with Gasteiger partial charge in [0.1, 0.15) is 17.3 Å². The molecule has 1 unspecified atom stereocenters. The summed E-state index contributed by atoms with van der Waals surface area (Å²) in [5.74, 6) is 2.07. The standard InChI is InChI=1S/C24H25N3O2/c1-17-19(10-6-14-25-17)24(28)21-11-5-13-23(26-21)27-15-7-8-18(16-27)20-9-3-4-12-22(20)29-2/h3-6,9-14,18H,7-8,15-16H2,1-2H3. The molecule has 2 aromatic heterocycles. The van der Waals surface area contributed by atoms with E-state index in [4.69, 9.17) is 9.72 Å². The van der Waals surface area contributed by atoms with E-state index in [2.05, 4.69) is 22.0 Å². The number of hydrogen-bond donors (Lipinski definition) is 0. The molecule has 0 amide bonds. The van der Waals surface area contributed by atoms with Crippen molar-refractivity contribution in [2.24, 2.45) is 0 Å². The second-order valence-electron chi connectivity index (χ2n) is 7.37. The molecule has 0 saturated carbocycles. The Balaban J connectivity index is 1.58. The van der Waals surface area contributed by atoms with Crippen LogP contribution in [-0.4, -0.2) is 36.0 Å². The second kappa shape index (κ2) is 8.43. The number of piperidine rings is 1. The van der Waals surface area contributed by atoms with Gasteiger partial charge in [-0.3, -0.25) is 9.78 Å². The van der Waals surface area contributed by atoms with Crippen LogP contribution in [0.15, 0.2) is 60.8 Å². The zero-order valence-corrected chi connectivity index (χ0v) is 16.8. The molecule has 3 aromatic rings. The SMILES string of the molecule is COc1ccccc1C1CCCN(c2cccc(C(=O)c3cccnc3C)n2)C1. The summed E-state index contributed by atoms with van der Waals surface area (Å²) < 4.78 is 5.57. The highest BCUT2D eigenvalue weighted by atomic mass is 16.5. The maximum Gasteiger partial charge on any atom is 0.213 e. The minimum absolute atomic E-state index is 0.0873. The molecule has 5 nitrogen and oxygen atoms in total. The Morgan fingerprint density at radius 2 is 1.97 bits per heavy atom. The molecule has 0 bridgehead atoms. The van der Waals surface area contributed by atoms with Gasteiger partial charge in [0.15, 0.2) is 0 Å². The molecule has 1 aliphatic heterocycles. The summed E-state index contributed by atoms with van der Waals surface area (Å²) in [6.45, 7) is 3.64. The largest absolute Gasteiger partial charge is 0.496 e. The fourth-order valence-corrected chi connectivity index (χ4v) is 4.03. The number of anilines is 1. The van der Waals surface area contributed by atoms with Crippen LogP contribution in [0.4, 0.5) is 5.82 Å². The minimum atomic E-state index is -0.0873. The zero-order valence-electron chi connectivity index (χ0n) is 16.8. The van der Waals surface area contributed by atoms with E-state index in [1.165, 1.54) is 5.56 Å². The van der Waals surface area contributed by atoms with Gasteiger partial charge in [-0.2, -0.15) is 0 Å². The Hall–Kier alpha value is -3.21. The molecule has 1 aromatic carbocycles. The monoisotopic (exact) mass is 387 g/mol. The first-order valence-corrected chi connectivity index (χ1v) is 9.98. The number of ketones is 1. The zero-order chi connectivity index (χ0) is 20.2. The lowest BCUT2D eigenvalue weighted by molar-refractivity contribution is 0.103. The van der Waals surface area contributed by atoms with Crippen LogP contribution in [0.5, 0.6) is 5.75 Å². The third-order valence-corrected chi connectivity index (χ3v) is 5.54. The first-order valence-electron chi connectivity index (χ1n) is 9.98. The molecule has 4 rings (SSSR count). The minimum Gasteiger partial charge on any atom is -0.496 e. The lowest BCUT2D eigenvalue weighted by atomic mass is 9.90. The molecule has 29 heavy (non-hydrogen) atoms. The van der Waals surface area contributed by atoms with Crippen molar-refractivity contribution in [1.29, 1.82) is 0 Å². The molecule has 148 valence electrons. The van der Waals surface area contributed by atoms with Crippen molar-refractivity contribution in [2.75, 3.05) is 25.1 Å². The van der Waals surface area contributed by atoms with Crippen LogP contribution >= 0.6 is 0 Å². The number of para-hydroxylation sites is 1. The highest BCUT2D eigenvalue weighted by Gasteiger charge is 2.25. The molecular formula is C24H25N3O2. The Morgan fingerprint density at radius 1 is 1.10 bits per heavy atom. The summed E-state index contributed by atoms with van der Waals surface area (Å²) in [4.78, 5) is 24.1. The molecule has 5 heteroatoms. The van der Waals surface area contributed by atoms with E-state index < -0.39 is 0 Å². The summed E-state index contributed by atoms with van der Waals surface area (Å²) in [7, 11) is 1.72. The van der Waals surface area contributed by atoms with Gasteiger partial charge in [-0.1, -0.05) is 24.3 Å². The number of hydrogen-bond acceptors (Lipinski definition) is 5. The van der Waals surface area contributed by atoms with E-state index in [0.29, 0.717) is 17.2 Å². The van der Waals surface area contributed by atoms with Crippen molar-refractivity contribution in [3.8, 4) is 5.75 Å². The van der Waals surface area contributed by atoms with E-state index in [1.54, 1.807) is 31.5 Å². The van der Waals surface area contributed by atoms with Crippen LogP contribution in [0.2, 0.25) is 0 Å². The van der Waals surface area contributed by atoms with Crippen LogP contribution in [0.3, 0.4) is 0 Å². The smallest absolute Gasteiger partial charge is 0.213 e. The highest BCUT2D eigenvalue weighted by molar-refractivity contribution is 6.08. The number of rotatable bonds is 5. The summed E-state index contributed by atoms with van der Waals surface area (Å²) in [6.07, 6.45) is 3.89. The van der Waals surface area contributed by atoms with Gasteiger partial charge in [0, 0.05) is 36.5 Å². The van der Waals surface area contributed by atoms with Crippen LogP contribution in [-0.2, 0) is 0 Å². The van der Waals surface area contributed by atoms with Crippen LogP contribution < -0.4 is 9.64 Å². The van der Waals surface area contributed by atoms with Gasteiger partial charge in [-0.15, -0.1) is 0 Å². The topological polar surface area (TPSA) is 55.3 Å². The average Bonchev–Trinajstić information content (AvgIpc) is 2.79. The molecule has 0 spiro atoms. The summed E-state index contributed by atoms with van der Waals surface area (Å²) in [6, 6.07) is 17.5. The van der Waals surface area contributed by atoms with Crippen LogP contribution in [0.25, 0.3) is 0 Å². The molecule has 1 aliphatic rings. The van der Waals surface area contributed by atoms with E-state index in [1.807, 2.05) is 31.2 Å². The van der Waals surface area contributed by atoms with Gasteiger partial charge in [0.25, 0.3) is 0 Å². The Morgan fingerprint density at radius 3 is 2.79 bits per heavy atom. The number of pyridine rings is 2. The maximum atomic E-state index is 12.9. The van der Waals surface area contributed by atoms with Gasteiger partial charge in [-0.05, 0) is 55.7 Å². The number of methoxy groups -OCH3 is 1. The van der Waals surface area contributed by atoms with Crippen molar-refractivity contribution in [3.63, 3.8) is 0 Å². The number of carbonyl (C=O) groups is 1. The van der Waals surface area contributed by atoms with E-state index in [9.17, 15) is 4.79 Å². The van der Waals surface area contributed by atoms with Crippen molar-refractivity contribution in [1.82, 2.24) is 9.97 Å². The Bertz CT molecular complexity index is 1020. The molecule has 1 atom stereocenters. The van der Waals surface area contributed by atoms with Crippen molar-refractivity contribution >= 4 is 11.6 Å². The Labute approximate surface area is 171 Å². The second-order valence-corrected chi connectivity index (χ2v) is 7.37. The molecule has 1 saturated heterocycles. The number of nitrogens with zero attached hydrogens (tertiary/aromatic N) is 3. The number of aromatic nitrogens is 2. The molecular weight excluding hydrogens is 362 g/mol. The van der Waals surface area contributed by atoms with Gasteiger partial charge in [0.05, 0.1) is 7.11 Å². The first-order chi connectivity index (χ1) is 14.2. The van der Waals surface area contributed by atoms with Crippen LogP contribution in [0.1, 0.15) is 46.1 Å². The van der Waals surface area contributed by atoms with Crippen molar-refractivity contribution in [2.45, 2.75) is 25.7 Å². The lowest BCUT2D eigenvalue weighted by Gasteiger charge is -2.34. The fourth-order valence-electron chi connectivity index (χ4n) is 4.03. The number of aryl methyl sites for hydroxylation is 1. The van der Waals surface area contributed by atoms with Gasteiger partial charge >= 0.3 is 0 Å². The molecule has 0 radical (unpaired) electrons. The third-order valence-electron chi connectivity index (χ3n) is 5.54. The first kappa shape index (κ1) is 19.1. The predicted molar refractivity (Wildman–Crippen MR) is 114 cm³/mol. The maximum absolute atomic E-state index is 12.9.